The summed E-state index contributed by atoms with van der Waals surface area (Å²) in [5.41, 5.74) is -0.516. The zero-order valence-electron chi connectivity index (χ0n) is 12.0. The van der Waals surface area contributed by atoms with Crippen LogP contribution in [0, 0.1) is 5.92 Å². The van der Waals surface area contributed by atoms with E-state index in [1.807, 2.05) is 20.8 Å². The molecule has 0 aromatic heterocycles. The number of alkyl carbamates (subject to hydrolysis) is 1. The highest BCUT2D eigenvalue weighted by molar-refractivity contribution is 6.18. The number of aliphatic hydroxyl groups excluding tert-OH is 1. The Bertz CT molecular complexity index is 251. The fourth-order valence-electron chi connectivity index (χ4n) is 1.65. The van der Waals surface area contributed by atoms with Gasteiger partial charge in [-0.25, -0.2) is 4.79 Å². The molecule has 0 fully saturated rings. The Labute approximate surface area is 115 Å². The van der Waals surface area contributed by atoms with E-state index in [9.17, 15) is 9.90 Å². The molecular weight excluding hydrogens is 254 g/mol. The summed E-state index contributed by atoms with van der Waals surface area (Å²) in [6.45, 7) is 9.58. The smallest absolute Gasteiger partial charge is 0.407 e. The molecule has 0 saturated carbocycles. The molecule has 18 heavy (non-hydrogen) atoms. The lowest BCUT2D eigenvalue weighted by molar-refractivity contribution is 0.0480. The number of carbonyl (C=O) groups excluding carboxylic acids is 1. The van der Waals surface area contributed by atoms with E-state index in [-0.39, 0.29) is 11.9 Å². The van der Waals surface area contributed by atoms with Crippen molar-refractivity contribution in [1.29, 1.82) is 0 Å². The first-order valence-corrected chi connectivity index (χ1v) is 6.91. The van der Waals surface area contributed by atoms with E-state index in [2.05, 4.69) is 19.2 Å². The average molecular weight is 280 g/mol. The van der Waals surface area contributed by atoms with Gasteiger partial charge in [0.05, 0.1) is 6.10 Å². The normalized spacial score (nSPS) is 15.3. The number of rotatable bonds is 6. The van der Waals surface area contributed by atoms with E-state index in [0.717, 1.165) is 6.42 Å². The van der Waals surface area contributed by atoms with Gasteiger partial charge in [-0.1, -0.05) is 13.8 Å². The standard InChI is InChI=1S/C13H26ClNO3/c1-9(2)6-10(7-11(16)8-14)15-12(17)18-13(3,4)5/h9-11,16H,6-8H2,1-5H3,(H,15,17). The number of aliphatic hydroxyl groups is 1. The first-order valence-electron chi connectivity index (χ1n) is 6.37. The number of hydrogen-bond donors (Lipinski definition) is 2. The highest BCUT2D eigenvalue weighted by atomic mass is 35.5. The minimum Gasteiger partial charge on any atom is -0.444 e. The van der Waals surface area contributed by atoms with Gasteiger partial charge in [0, 0.05) is 11.9 Å². The molecule has 0 aromatic rings. The summed E-state index contributed by atoms with van der Waals surface area (Å²) in [5.74, 6) is 0.595. The molecule has 0 aliphatic carbocycles. The van der Waals surface area contributed by atoms with E-state index in [1.165, 1.54) is 0 Å². The van der Waals surface area contributed by atoms with Gasteiger partial charge in [0.1, 0.15) is 5.60 Å². The summed E-state index contributed by atoms with van der Waals surface area (Å²) in [7, 11) is 0. The Balaban J connectivity index is 4.35. The summed E-state index contributed by atoms with van der Waals surface area (Å²) in [6.07, 6.45) is 0.175. The predicted octanol–water partition coefficient (Wildman–Crippen LogP) is 2.92. The van der Waals surface area contributed by atoms with Crippen LogP contribution in [0.2, 0.25) is 0 Å². The highest BCUT2D eigenvalue weighted by Crippen LogP contribution is 2.13. The molecule has 4 nitrogen and oxygen atoms in total. The largest absolute Gasteiger partial charge is 0.444 e. The molecule has 0 aromatic carbocycles. The summed E-state index contributed by atoms with van der Waals surface area (Å²) in [5, 5.41) is 12.4. The molecule has 0 bridgehead atoms. The SMILES string of the molecule is CC(C)CC(CC(O)CCl)NC(=O)OC(C)(C)C. The Morgan fingerprint density at radius 2 is 1.89 bits per heavy atom. The lowest BCUT2D eigenvalue weighted by atomic mass is 9.99. The van der Waals surface area contributed by atoms with Gasteiger partial charge < -0.3 is 15.2 Å². The average Bonchev–Trinajstić information content (AvgIpc) is 2.12. The van der Waals surface area contributed by atoms with Crippen LogP contribution in [0.1, 0.15) is 47.5 Å². The molecule has 0 radical (unpaired) electrons. The highest BCUT2D eigenvalue weighted by Gasteiger charge is 2.21. The van der Waals surface area contributed by atoms with E-state index in [0.29, 0.717) is 12.3 Å². The van der Waals surface area contributed by atoms with Crippen molar-refractivity contribution in [3.8, 4) is 0 Å². The van der Waals surface area contributed by atoms with Gasteiger partial charge in [-0.3, -0.25) is 0 Å². The van der Waals surface area contributed by atoms with Crippen LogP contribution in [-0.2, 0) is 4.74 Å². The third-order valence-corrected chi connectivity index (χ3v) is 2.57. The third kappa shape index (κ3) is 9.54. The molecule has 2 unspecified atom stereocenters. The molecule has 1 amide bonds. The minimum atomic E-state index is -0.606. The van der Waals surface area contributed by atoms with Gasteiger partial charge in [0.15, 0.2) is 0 Å². The van der Waals surface area contributed by atoms with Crippen molar-refractivity contribution >= 4 is 17.7 Å². The third-order valence-electron chi connectivity index (χ3n) is 2.21. The Kier molecular flexibility index (Phi) is 7.64. The van der Waals surface area contributed by atoms with Crippen molar-refractivity contribution in [2.24, 2.45) is 5.92 Å². The van der Waals surface area contributed by atoms with Gasteiger partial charge in [-0.2, -0.15) is 0 Å². The monoisotopic (exact) mass is 279 g/mol. The van der Waals surface area contributed by atoms with E-state index >= 15 is 0 Å². The van der Waals surface area contributed by atoms with Crippen LogP contribution in [0.5, 0.6) is 0 Å². The van der Waals surface area contributed by atoms with Crippen LogP contribution in [0.25, 0.3) is 0 Å². The van der Waals surface area contributed by atoms with Crippen LogP contribution in [-0.4, -0.2) is 34.8 Å². The molecule has 2 atom stereocenters. The van der Waals surface area contributed by atoms with Gasteiger partial charge in [-0.05, 0) is 39.5 Å². The van der Waals surface area contributed by atoms with E-state index in [1.54, 1.807) is 0 Å². The van der Waals surface area contributed by atoms with Crippen LogP contribution >= 0.6 is 11.6 Å². The van der Waals surface area contributed by atoms with Crippen LogP contribution in [0.15, 0.2) is 0 Å². The van der Waals surface area contributed by atoms with Gasteiger partial charge in [-0.15, -0.1) is 11.6 Å². The number of alkyl halides is 1. The first-order chi connectivity index (χ1) is 8.14. The van der Waals surface area contributed by atoms with Gasteiger partial charge in [0.25, 0.3) is 0 Å². The zero-order chi connectivity index (χ0) is 14.3. The number of hydrogen-bond acceptors (Lipinski definition) is 3. The molecule has 0 saturated heterocycles. The number of halogens is 1. The topological polar surface area (TPSA) is 58.6 Å². The van der Waals surface area contributed by atoms with Crippen LogP contribution in [0.4, 0.5) is 4.79 Å². The van der Waals surface area contributed by atoms with Crippen LogP contribution in [0.3, 0.4) is 0 Å². The molecule has 0 aliphatic heterocycles. The van der Waals surface area contributed by atoms with Crippen molar-refractivity contribution in [2.45, 2.75) is 65.2 Å². The molecule has 0 aliphatic rings. The maximum Gasteiger partial charge on any atom is 0.407 e. The first kappa shape index (κ1) is 17.5. The summed E-state index contributed by atoms with van der Waals surface area (Å²) in [4.78, 5) is 11.7. The predicted molar refractivity (Wildman–Crippen MR) is 74.0 cm³/mol. The van der Waals surface area contributed by atoms with Crippen LogP contribution < -0.4 is 5.32 Å². The number of amides is 1. The number of ether oxygens (including phenoxy) is 1. The van der Waals surface area contributed by atoms with E-state index < -0.39 is 17.8 Å². The molecule has 0 spiro atoms. The lowest BCUT2D eigenvalue weighted by Gasteiger charge is -2.25. The van der Waals surface area contributed by atoms with Gasteiger partial charge >= 0.3 is 6.09 Å². The van der Waals surface area contributed by atoms with Crippen molar-refractivity contribution < 1.29 is 14.6 Å². The lowest BCUT2D eigenvalue weighted by Crippen LogP contribution is -2.41. The Morgan fingerprint density at radius 1 is 1.33 bits per heavy atom. The second-order valence-electron chi connectivity index (χ2n) is 6.02. The second-order valence-corrected chi connectivity index (χ2v) is 6.33. The molecular formula is C13H26ClNO3. The molecule has 108 valence electrons. The molecule has 0 heterocycles. The van der Waals surface area contributed by atoms with Crippen molar-refractivity contribution in [3.05, 3.63) is 0 Å². The van der Waals surface area contributed by atoms with Gasteiger partial charge in [0.2, 0.25) is 0 Å². The molecule has 5 heteroatoms. The summed E-state index contributed by atoms with van der Waals surface area (Å²) < 4.78 is 5.20. The number of carbonyl (C=O) groups is 1. The minimum absolute atomic E-state index is 0.117. The summed E-state index contributed by atoms with van der Waals surface area (Å²) in [6, 6.07) is -0.117. The maximum atomic E-state index is 11.7. The quantitative estimate of drug-likeness (QED) is 0.735. The Hall–Kier alpha value is -0.480. The Morgan fingerprint density at radius 3 is 2.28 bits per heavy atom. The summed E-state index contributed by atoms with van der Waals surface area (Å²) >= 11 is 5.58. The van der Waals surface area contributed by atoms with Crippen molar-refractivity contribution in [2.75, 3.05) is 5.88 Å². The van der Waals surface area contributed by atoms with Crippen molar-refractivity contribution in [1.82, 2.24) is 5.32 Å². The number of nitrogens with one attached hydrogen (secondary N) is 1. The molecule has 0 rings (SSSR count). The van der Waals surface area contributed by atoms with E-state index in [4.69, 9.17) is 16.3 Å². The van der Waals surface area contributed by atoms with Crippen molar-refractivity contribution in [3.63, 3.8) is 0 Å². The maximum absolute atomic E-state index is 11.7. The molecule has 2 N–H and O–H groups in total. The second kappa shape index (κ2) is 7.85. The fourth-order valence-corrected chi connectivity index (χ4v) is 1.77. The fraction of sp³-hybridized carbons (Fsp3) is 0.923. The zero-order valence-corrected chi connectivity index (χ0v) is 12.8.